The minimum absolute atomic E-state index is 0. The van der Waals surface area contributed by atoms with Crippen molar-refractivity contribution in [1.29, 1.82) is 0 Å². The van der Waals surface area contributed by atoms with Gasteiger partial charge in [0.1, 0.15) is 0 Å². The third-order valence-corrected chi connectivity index (χ3v) is 3.49. The minimum atomic E-state index is 0. The molecule has 0 unspecified atom stereocenters. The van der Waals surface area contributed by atoms with Crippen molar-refractivity contribution >= 4 is 7.92 Å². The van der Waals surface area contributed by atoms with E-state index in [1.807, 2.05) is 0 Å². The van der Waals surface area contributed by atoms with E-state index in [0.717, 1.165) is 0 Å². The molecule has 45 heavy (non-hydrogen) atoms. The summed E-state index contributed by atoms with van der Waals surface area (Å²) < 4.78 is 0. The number of halogens is 38. The molecule has 0 nitrogen and oxygen atoms in total. The molecule has 0 bridgehead atoms. The molecule has 1 fully saturated rings. The summed E-state index contributed by atoms with van der Waals surface area (Å²) in [5.41, 5.74) is 0. The average molecular weight is 1650 g/mol. The molecule has 1 aliphatic rings. The van der Waals surface area contributed by atoms with Crippen LogP contribution in [0.25, 0.3) is 0 Å². The summed E-state index contributed by atoms with van der Waals surface area (Å²) in [4.78, 5) is 0. The average Bonchev–Trinajstić information content (AvgIpc) is 1.86. The van der Waals surface area contributed by atoms with Gasteiger partial charge in [0, 0.05) is 0 Å². The molecule has 0 saturated carbocycles. The van der Waals surface area contributed by atoms with Crippen molar-refractivity contribution in [2.45, 2.75) is 12.8 Å². The molecule has 0 amide bonds. The Kier molecular flexibility index (Phi) is 5640. The van der Waals surface area contributed by atoms with Crippen LogP contribution in [0.15, 0.2) is 0 Å². The predicted molar refractivity (Wildman–Crippen MR) is 31.8 cm³/mol. The van der Waals surface area contributed by atoms with Gasteiger partial charge in [0.05, 0.1) is 0 Å². The smallest absolute Gasteiger partial charge is 1.00 e. The first-order valence-electron chi connectivity index (χ1n) is 2.58. The molecule has 0 spiro atoms. The molecule has 350 valence electrons. The summed E-state index contributed by atoms with van der Waals surface area (Å²) >= 11 is 0. The van der Waals surface area contributed by atoms with Crippen LogP contribution in [0.3, 0.4) is 0 Å². The van der Waals surface area contributed by atoms with Gasteiger partial charge in [-0.15, -0.1) is 7.92 Å². The van der Waals surface area contributed by atoms with Gasteiger partial charge in [-0.2, -0.15) is 0 Å². The van der Waals surface area contributed by atoms with Crippen molar-refractivity contribution in [3.8, 4) is 0 Å². The molecule has 0 aromatic rings. The van der Waals surface area contributed by atoms with Gasteiger partial charge in [-0.05, 0) is 31.8 Å². The maximum atomic E-state index is 2.41. The number of hydrogen-bond acceptors (Lipinski definition) is 0. The van der Waals surface area contributed by atoms with E-state index in [1.165, 1.54) is 12.8 Å². The summed E-state index contributed by atoms with van der Waals surface area (Å²) in [5, 5.41) is 0. The van der Waals surface area contributed by atoms with Gasteiger partial charge in [0.15, 0.2) is 0 Å². The largest absolute Gasteiger partial charge is 1.00 e. The fourth-order valence-corrected chi connectivity index (χ4v) is 2.63. The van der Waals surface area contributed by atoms with Crippen LogP contribution in [0, 0.1) is 0 Å². The summed E-state index contributed by atoms with van der Waals surface area (Å²) in [6.07, 6.45) is 6.13. The molecule has 1 saturated heterocycles. The molecule has 0 atom stereocenters. The van der Waals surface area contributed by atoms with Gasteiger partial charge in [-0.3, -0.25) is 0 Å². The Morgan fingerprint density at radius 2 is 0.267 bits per heavy atom. The molecule has 0 aromatic carbocycles. The van der Waals surface area contributed by atoms with E-state index in [9.17, 15) is 0 Å². The standard InChI is InChI=1S/C5H11P.Au.38ClH/c1-6-4-2-3-5-6;;;;;;;;;;;;;;;;;;;;;;;;;;;;;;;;;;;;;;;/h2-5H2,1H3;;38*1H/q;+1;;;;;;;;;;;;;;;;;;;;;;;;;;;;;;;;;;;;;;/p-38. The Bertz CT molecular complexity index is 69.4. The summed E-state index contributed by atoms with van der Waals surface area (Å²) in [7, 11) is 0.535. The predicted octanol–water partition coefficient (Wildman–Crippen LogP) is -112. The Hall–Kier alpha value is 12.2. The molecule has 1 heterocycles. The zero-order valence-electron chi connectivity index (χ0n) is 18.9. The van der Waals surface area contributed by atoms with Crippen molar-refractivity contribution in [2.75, 3.05) is 19.0 Å². The van der Waals surface area contributed by atoms with E-state index >= 15 is 0 Å². The van der Waals surface area contributed by atoms with E-state index < -0.39 is 0 Å². The van der Waals surface area contributed by atoms with Crippen molar-refractivity contribution < 1.29 is 494 Å². The van der Waals surface area contributed by atoms with Crippen LogP contribution >= 0.6 is 7.92 Å². The monoisotopic (exact) mass is 1630 g/mol. The Morgan fingerprint density at radius 1 is 0.200 bits per heavy atom. The molecule has 0 aliphatic carbocycles. The van der Waals surface area contributed by atoms with Gasteiger partial charge in [0.25, 0.3) is 0 Å². The van der Waals surface area contributed by atoms with Crippen LogP contribution in [0.2, 0.25) is 0 Å². The topological polar surface area (TPSA) is 0 Å². The summed E-state index contributed by atoms with van der Waals surface area (Å²) in [6, 6.07) is 0. The summed E-state index contributed by atoms with van der Waals surface area (Å²) in [5.74, 6) is 0. The van der Waals surface area contributed by atoms with Gasteiger partial charge >= 0.3 is 22.4 Å². The number of rotatable bonds is 0. The molecule has 40 heteroatoms. The first-order chi connectivity index (χ1) is 2.89. The van der Waals surface area contributed by atoms with Crippen LogP contribution in [0.4, 0.5) is 0 Å². The molecular weight excluding hydrogens is 1640 g/mol. The second kappa shape index (κ2) is 465. The minimum Gasteiger partial charge on any atom is -1.00 e. The summed E-state index contributed by atoms with van der Waals surface area (Å²) in [6.45, 7) is 2.41. The van der Waals surface area contributed by atoms with E-state index in [4.69, 9.17) is 0 Å². The van der Waals surface area contributed by atoms with Crippen LogP contribution in [0.1, 0.15) is 12.8 Å². The maximum Gasteiger partial charge on any atom is 1.00 e. The van der Waals surface area contributed by atoms with Crippen LogP contribution in [0.5, 0.6) is 0 Å². The Labute approximate surface area is 524 Å². The Balaban J connectivity index is -0.000000000249. The van der Waals surface area contributed by atoms with E-state index in [0.29, 0.717) is 7.92 Å². The zero-order valence-corrected chi connectivity index (χ0v) is 50.7. The van der Waals surface area contributed by atoms with Crippen molar-refractivity contribution in [1.82, 2.24) is 0 Å². The Morgan fingerprint density at radius 3 is 0.289 bits per heavy atom. The molecule has 0 aromatic heterocycles. The van der Waals surface area contributed by atoms with Crippen molar-refractivity contribution in [3.63, 3.8) is 0 Å². The molecule has 0 N–H and O–H groups in total. The third-order valence-electron chi connectivity index (χ3n) is 1.33. The van der Waals surface area contributed by atoms with E-state index in [2.05, 4.69) is 6.66 Å². The van der Waals surface area contributed by atoms with Crippen molar-refractivity contribution in [3.05, 3.63) is 0 Å². The van der Waals surface area contributed by atoms with Crippen molar-refractivity contribution in [2.24, 2.45) is 0 Å². The molecule has 1 aliphatic heterocycles. The second-order valence-corrected chi connectivity index (χ2v) is 4.62. The number of hydrogen-bond donors (Lipinski definition) is 0. The van der Waals surface area contributed by atoms with Gasteiger partial charge in [0.2, 0.25) is 0 Å². The first-order valence-corrected chi connectivity index (χ1v) is 4.74. The normalized spacial score (nSPS) is 3.40. The fraction of sp³-hybridized carbons (Fsp3) is 1.00. The van der Waals surface area contributed by atoms with Crippen LogP contribution < -0.4 is 471 Å². The molecule has 0 radical (unpaired) electrons. The zero-order chi connectivity index (χ0) is 4.41. The fourth-order valence-electron chi connectivity index (χ4n) is 0.875. The van der Waals surface area contributed by atoms with Gasteiger partial charge in [-0.25, -0.2) is 0 Å². The quantitative estimate of drug-likeness (QED) is 0.168. The maximum absolute atomic E-state index is 2.41. The molecule has 1 rings (SSSR count). The van der Waals surface area contributed by atoms with Gasteiger partial charge < -0.3 is 471 Å². The van der Waals surface area contributed by atoms with E-state index in [-0.39, 0.29) is 494 Å². The van der Waals surface area contributed by atoms with E-state index in [1.54, 1.807) is 12.3 Å². The molecular formula is C5H11AuCl38P-37. The third kappa shape index (κ3) is 448. The second-order valence-electron chi connectivity index (χ2n) is 2.01. The van der Waals surface area contributed by atoms with Crippen LogP contribution in [-0.2, 0) is 22.4 Å². The van der Waals surface area contributed by atoms with Crippen LogP contribution in [-0.4, -0.2) is 19.0 Å². The van der Waals surface area contributed by atoms with Gasteiger partial charge in [-0.1, -0.05) is 0 Å². The SMILES string of the molecule is CP1CCCC1.[Au+].[Cl-].[Cl-].[Cl-].[Cl-].[Cl-].[Cl-].[Cl-].[Cl-].[Cl-].[Cl-].[Cl-].[Cl-].[Cl-].[Cl-].[Cl-].[Cl-].[Cl-].[Cl-].[Cl-].[Cl-].[Cl-].[Cl-].[Cl-].[Cl-].[Cl-].[Cl-].[Cl-].[Cl-].[Cl-].[Cl-].[Cl-].[Cl-].[Cl-].[Cl-].[Cl-].[Cl-].[Cl-].[Cl-]. The first kappa shape index (κ1) is 546.